The second-order valence-electron chi connectivity index (χ2n) is 4.07. The van der Waals surface area contributed by atoms with Gasteiger partial charge in [0.1, 0.15) is 11.9 Å². The number of aromatic hydroxyl groups is 1. The summed E-state index contributed by atoms with van der Waals surface area (Å²) in [4.78, 5) is 22.5. The number of hydrogen-bond acceptors (Lipinski definition) is 5. The number of carbonyl (C=O) groups excluding carboxylic acids is 1. The Morgan fingerprint density at radius 3 is 2.90 bits per heavy atom. The molecule has 0 radical (unpaired) electrons. The van der Waals surface area contributed by atoms with Crippen LogP contribution in [0.1, 0.15) is 17.4 Å². The minimum absolute atomic E-state index is 0.0608. The Kier molecular flexibility index (Phi) is 4.08. The van der Waals surface area contributed by atoms with Crippen LogP contribution in [0, 0.1) is 10.1 Å². The van der Waals surface area contributed by atoms with Crippen LogP contribution < -0.4 is 5.32 Å². The standard InChI is InChI=1S/C12H11ClN4O4/c1-2-16-11(9(6-14-16)17(20)21)12(19)15-8-5-7(13)3-4-10(8)18/h3-6,18H,2H2,1H3,(H,15,19). The molecule has 21 heavy (non-hydrogen) atoms. The lowest BCUT2D eigenvalue weighted by Crippen LogP contribution is -2.18. The summed E-state index contributed by atoms with van der Waals surface area (Å²) in [6.07, 6.45) is 1.01. The van der Waals surface area contributed by atoms with Gasteiger partial charge in [-0.2, -0.15) is 5.10 Å². The van der Waals surface area contributed by atoms with E-state index in [0.29, 0.717) is 5.02 Å². The molecule has 0 aliphatic rings. The number of nitrogens with one attached hydrogen (secondary N) is 1. The molecule has 0 spiro atoms. The highest BCUT2D eigenvalue weighted by molar-refractivity contribution is 6.31. The molecule has 9 heteroatoms. The molecule has 1 aromatic heterocycles. The average molecular weight is 311 g/mol. The Bertz CT molecular complexity index is 713. The smallest absolute Gasteiger partial charge is 0.320 e. The number of amides is 1. The molecule has 1 aromatic carbocycles. The maximum Gasteiger partial charge on any atom is 0.320 e. The number of benzene rings is 1. The zero-order valence-electron chi connectivity index (χ0n) is 10.9. The van der Waals surface area contributed by atoms with Crippen LogP contribution in [-0.2, 0) is 6.54 Å². The lowest BCUT2D eigenvalue weighted by Gasteiger charge is -2.08. The Hall–Kier alpha value is -2.61. The number of nitrogens with zero attached hydrogens (tertiary/aromatic N) is 3. The molecule has 2 N–H and O–H groups in total. The third kappa shape index (κ3) is 2.95. The van der Waals surface area contributed by atoms with Crippen molar-refractivity contribution in [3.8, 4) is 5.75 Å². The number of aromatic nitrogens is 2. The summed E-state index contributed by atoms with van der Waals surface area (Å²) in [7, 11) is 0. The van der Waals surface area contributed by atoms with Crippen molar-refractivity contribution in [2.45, 2.75) is 13.5 Å². The molecule has 0 saturated carbocycles. The van der Waals surface area contributed by atoms with E-state index in [1.807, 2.05) is 0 Å². The molecule has 0 aliphatic carbocycles. The zero-order chi connectivity index (χ0) is 15.6. The summed E-state index contributed by atoms with van der Waals surface area (Å²) in [5.74, 6) is -0.948. The number of carbonyl (C=O) groups is 1. The van der Waals surface area contributed by atoms with Crippen molar-refractivity contribution < 1.29 is 14.8 Å². The lowest BCUT2D eigenvalue weighted by atomic mass is 10.2. The molecule has 0 bridgehead atoms. The van der Waals surface area contributed by atoms with Gasteiger partial charge >= 0.3 is 5.69 Å². The fourth-order valence-corrected chi connectivity index (χ4v) is 1.94. The second kappa shape index (κ2) is 5.80. The van der Waals surface area contributed by atoms with Crippen molar-refractivity contribution >= 4 is 28.9 Å². The average Bonchev–Trinajstić information content (AvgIpc) is 2.87. The van der Waals surface area contributed by atoms with Crippen molar-refractivity contribution in [3.05, 3.63) is 45.2 Å². The van der Waals surface area contributed by atoms with Gasteiger partial charge in [-0.05, 0) is 25.1 Å². The Balaban J connectivity index is 2.38. The van der Waals surface area contributed by atoms with E-state index in [0.717, 1.165) is 6.20 Å². The van der Waals surface area contributed by atoms with Gasteiger partial charge in [0, 0.05) is 11.6 Å². The highest BCUT2D eigenvalue weighted by Crippen LogP contribution is 2.28. The number of halogens is 1. The molecule has 2 aromatic rings. The highest BCUT2D eigenvalue weighted by atomic mass is 35.5. The van der Waals surface area contributed by atoms with E-state index in [1.165, 1.54) is 22.9 Å². The molecular weight excluding hydrogens is 300 g/mol. The predicted octanol–water partition coefficient (Wildman–Crippen LogP) is 2.42. The molecule has 0 unspecified atom stereocenters. The predicted molar refractivity (Wildman–Crippen MR) is 75.6 cm³/mol. The van der Waals surface area contributed by atoms with E-state index < -0.39 is 16.5 Å². The SMILES string of the molecule is CCn1ncc([N+](=O)[O-])c1C(=O)Nc1cc(Cl)ccc1O. The molecular formula is C12H11ClN4O4. The number of nitro groups is 1. The Labute approximate surface area is 124 Å². The zero-order valence-corrected chi connectivity index (χ0v) is 11.7. The highest BCUT2D eigenvalue weighted by Gasteiger charge is 2.26. The Morgan fingerprint density at radius 1 is 1.57 bits per heavy atom. The summed E-state index contributed by atoms with van der Waals surface area (Å²) in [5, 5.41) is 27.1. The maximum atomic E-state index is 12.2. The molecule has 110 valence electrons. The maximum absolute atomic E-state index is 12.2. The van der Waals surface area contributed by atoms with Gasteiger partial charge in [-0.25, -0.2) is 0 Å². The minimum atomic E-state index is -0.751. The largest absolute Gasteiger partial charge is 0.506 e. The van der Waals surface area contributed by atoms with E-state index >= 15 is 0 Å². The number of phenolic OH excluding ortho intramolecular Hbond substituents is 1. The fourth-order valence-electron chi connectivity index (χ4n) is 1.77. The van der Waals surface area contributed by atoms with Crippen molar-refractivity contribution in [2.75, 3.05) is 5.32 Å². The summed E-state index contributed by atoms with van der Waals surface area (Å²) in [6, 6.07) is 4.10. The van der Waals surface area contributed by atoms with Gasteiger partial charge in [-0.3, -0.25) is 19.6 Å². The second-order valence-corrected chi connectivity index (χ2v) is 4.50. The molecule has 0 fully saturated rings. The van der Waals surface area contributed by atoms with Crippen LogP contribution in [-0.4, -0.2) is 25.7 Å². The van der Waals surface area contributed by atoms with Crippen LogP contribution >= 0.6 is 11.6 Å². The van der Waals surface area contributed by atoms with E-state index in [4.69, 9.17) is 11.6 Å². The summed E-state index contributed by atoms with van der Waals surface area (Å²) < 4.78 is 1.20. The third-order valence-corrected chi connectivity index (χ3v) is 2.97. The monoisotopic (exact) mass is 310 g/mol. The van der Waals surface area contributed by atoms with Gasteiger partial charge in [-0.1, -0.05) is 11.6 Å². The number of hydrogen-bond donors (Lipinski definition) is 2. The van der Waals surface area contributed by atoms with Gasteiger partial charge in [0.15, 0.2) is 0 Å². The summed E-state index contributed by atoms with van der Waals surface area (Å²) >= 11 is 5.78. The van der Waals surface area contributed by atoms with Crippen LogP contribution in [0.2, 0.25) is 5.02 Å². The lowest BCUT2D eigenvalue weighted by molar-refractivity contribution is -0.385. The topological polar surface area (TPSA) is 110 Å². The number of aryl methyl sites for hydroxylation is 1. The van der Waals surface area contributed by atoms with E-state index in [9.17, 15) is 20.0 Å². The van der Waals surface area contributed by atoms with Crippen molar-refractivity contribution in [1.29, 1.82) is 0 Å². The van der Waals surface area contributed by atoms with Crippen LogP contribution in [0.15, 0.2) is 24.4 Å². The summed E-state index contributed by atoms with van der Waals surface area (Å²) in [5.41, 5.74) is -0.539. The Morgan fingerprint density at radius 2 is 2.29 bits per heavy atom. The first-order valence-corrected chi connectivity index (χ1v) is 6.32. The molecule has 1 amide bonds. The third-order valence-electron chi connectivity index (χ3n) is 2.74. The molecule has 0 atom stereocenters. The van der Waals surface area contributed by atoms with E-state index in [-0.39, 0.29) is 23.7 Å². The van der Waals surface area contributed by atoms with Crippen LogP contribution in [0.3, 0.4) is 0 Å². The van der Waals surface area contributed by atoms with Gasteiger partial charge in [0.05, 0.1) is 10.6 Å². The first-order valence-electron chi connectivity index (χ1n) is 5.94. The van der Waals surface area contributed by atoms with Crippen molar-refractivity contribution in [3.63, 3.8) is 0 Å². The first kappa shape index (κ1) is 14.8. The first-order chi connectivity index (χ1) is 9.93. The van der Waals surface area contributed by atoms with Crippen LogP contribution in [0.5, 0.6) is 5.75 Å². The molecule has 2 rings (SSSR count). The molecule has 1 heterocycles. The van der Waals surface area contributed by atoms with Gasteiger partial charge in [0.25, 0.3) is 5.91 Å². The molecule has 0 saturated heterocycles. The van der Waals surface area contributed by atoms with Gasteiger partial charge in [-0.15, -0.1) is 0 Å². The summed E-state index contributed by atoms with van der Waals surface area (Å²) in [6.45, 7) is 1.99. The van der Waals surface area contributed by atoms with Crippen LogP contribution in [0.4, 0.5) is 11.4 Å². The van der Waals surface area contributed by atoms with E-state index in [2.05, 4.69) is 10.4 Å². The number of anilines is 1. The number of phenols is 1. The van der Waals surface area contributed by atoms with E-state index in [1.54, 1.807) is 6.92 Å². The van der Waals surface area contributed by atoms with Gasteiger partial charge in [0.2, 0.25) is 5.69 Å². The normalized spacial score (nSPS) is 10.4. The quantitative estimate of drug-likeness (QED) is 0.512. The number of rotatable bonds is 4. The van der Waals surface area contributed by atoms with Crippen molar-refractivity contribution in [2.24, 2.45) is 0 Å². The fraction of sp³-hybridized carbons (Fsp3) is 0.167. The van der Waals surface area contributed by atoms with Crippen LogP contribution in [0.25, 0.3) is 0 Å². The molecule has 0 aliphatic heterocycles. The molecule has 8 nitrogen and oxygen atoms in total. The van der Waals surface area contributed by atoms with Crippen molar-refractivity contribution in [1.82, 2.24) is 9.78 Å². The van der Waals surface area contributed by atoms with Gasteiger partial charge < -0.3 is 10.4 Å². The minimum Gasteiger partial charge on any atom is -0.506 e.